The van der Waals surface area contributed by atoms with Gasteiger partial charge in [-0.2, -0.15) is 0 Å². The largest absolute Gasteiger partial charge is 0.345 e. The van der Waals surface area contributed by atoms with Gasteiger partial charge in [-0.25, -0.2) is 5.01 Å². The number of carbonyl (C=O) groups is 1. The number of hydrogen-bond donors (Lipinski definition) is 2. The highest BCUT2D eigenvalue weighted by Crippen LogP contribution is 2.07. The smallest absolute Gasteiger partial charge is 0.280 e. The molecule has 11 heavy (non-hydrogen) atoms. The summed E-state index contributed by atoms with van der Waals surface area (Å²) in [6.07, 6.45) is 1.93. The van der Waals surface area contributed by atoms with Crippen LogP contribution in [0.15, 0.2) is 0 Å². The number of halogens is 1. The van der Waals surface area contributed by atoms with E-state index in [9.17, 15) is 4.79 Å². The molecule has 1 fully saturated rings. The summed E-state index contributed by atoms with van der Waals surface area (Å²) >= 11 is 1.76. The minimum absolute atomic E-state index is 0.0260. The zero-order chi connectivity index (χ0) is 8.27. The second-order valence-electron chi connectivity index (χ2n) is 2.73. The topological polar surface area (TPSA) is 58.4 Å². The Balaban J connectivity index is 2.22. The molecule has 0 aromatic carbocycles. The van der Waals surface area contributed by atoms with Crippen molar-refractivity contribution >= 4 is 26.5 Å². The summed E-state index contributed by atoms with van der Waals surface area (Å²) in [5.74, 6) is 5.55. The van der Waals surface area contributed by atoms with Crippen LogP contribution in [0.25, 0.3) is 0 Å². The average molecular weight is 269 g/mol. The van der Waals surface area contributed by atoms with Crippen molar-refractivity contribution in [3.63, 3.8) is 0 Å². The van der Waals surface area contributed by atoms with Gasteiger partial charge in [-0.15, -0.1) is 0 Å². The van der Waals surface area contributed by atoms with Crippen molar-refractivity contribution < 1.29 is 4.79 Å². The van der Waals surface area contributed by atoms with Crippen LogP contribution in [0.4, 0.5) is 4.79 Å². The highest BCUT2D eigenvalue weighted by Gasteiger charge is 2.17. The Morgan fingerprint density at radius 2 is 2.09 bits per heavy atom. The lowest BCUT2D eigenvalue weighted by atomic mass is 10.1. The lowest BCUT2D eigenvalue weighted by Gasteiger charge is -2.28. The minimum atomic E-state index is 0.0260. The molecule has 0 aromatic rings. The predicted molar refractivity (Wildman–Crippen MR) is 51.3 cm³/mol. The first-order valence-corrected chi connectivity index (χ1v) is 4.72. The van der Waals surface area contributed by atoms with Crippen LogP contribution in [0.2, 0.25) is 0 Å². The van der Waals surface area contributed by atoms with Crippen LogP contribution >= 0.6 is 22.6 Å². The first-order chi connectivity index (χ1) is 5.18. The van der Waals surface area contributed by atoms with Gasteiger partial charge >= 0.3 is 0 Å². The molecule has 0 aromatic heterocycles. The van der Waals surface area contributed by atoms with Crippen LogP contribution in [-0.2, 0) is 0 Å². The van der Waals surface area contributed by atoms with Crippen LogP contribution in [0.3, 0.4) is 0 Å². The van der Waals surface area contributed by atoms with Gasteiger partial charge in [0.15, 0.2) is 0 Å². The molecular weight excluding hydrogens is 257 g/mol. The fourth-order valence-electron chi connectivity index (χ4n) is 1.20. The van der Waals surface area contributed by atoms with Crippen LogP contribution < -0.4 is 11.2 Å². The number of piperidine rings is 1. The summed E-state index contributed by atoms with van der Waals surface area (Å²) in [5.41, 5.74) is 0. The highest BCUT2D eigenvalue weighted by molar-refractivity contribution is 14.1. The Labute approximate surface area is 79.6 Å². The third-order valence-electron chi connectivity index (χ3n) is 1.85. The minimum Gasteiger partial charge on any atom is -0.345 e. The summed E-state index contributed by atoms with van der Waals surface area (Å²) in [6.45, 7) is 1.75. The molecule has 0 spiro atoms. The van der Waals surface area contributed by atoms with Crippen molar-refractivity contribution in [2.75, 3.05) is 13.1 Å². The van der Waals surface area contributed by atoms with Crippen molar-refractivity contribution in [3.8, 4) is 0 Å². The molecule has 1 rings (SSSR count). The molecule has 1 amide bonds. The number of hydrazine groups is 1. The SMILES string of the molecule is NN1CCC(NC(=O)I)CC1. The van der Waals surface area contributed by atoms with Gasteiger partial charge in [0.2, 0.25) is 0 Å². The molecule has 1 saturated heterocycles. The maximum atomic E-state index is 10.6. The quantitative estimate of drug-likeness (QED) is 0.315. The monoisotopic (exact) mass is 269 g/mol. The number of hydrogen-bond acceptors (Lipinski definition) is 3. The van der Waals surface area contributed by atoms with Gasteiger partial charge < -0.3 is 5.32 Å². The zero-order valence-corrected chi connectivity index (χ0v) is 8.37. The molecule has 3 N–H and O–H groups in total. The Hall–Kier alpha value is 0.120. The maximum absolute atomic E-state index is 10.6. The fraction of sp³-hybridized carbons (Fsp3) is 0.833. The lowest BCUT2D eigenvalue weighted by molar-refractivity contribution is 0.202. The molecule has 0 radical (unpaired) electrons. The summed E-state index contributed by atoms with van der Waals surface area (Å²) in [7, 11) is 0. The number of rotatable bonds is 1. The molecule has 1 heterocycles. The van der Waals surface area contributed by atoms with Gasteiger partial charge in [0.05, 0.1) is 0 Å². The Morgan fingerprint density at radius 1 is 1.55 bits per heavy atom. The molecule has 1 aliphatic rings. The first kappa shape index (κ1) is 9.21. The van der Waals surface area contributed by atoms with E-state index in [0.29, 0.717) is 6.04 Å². The van der Waals surface area contributed by atoms with E-state index in [0.717, 1.165) is 25.9 Å². The van der Waals surface area contributed by atoms with Crippen molar-refractivity contribution in [2.45, 2.75) is 18.9 Å². The Kier molecular flexibility index (Phi) is 3.53. The van der Waals surface area contributed by atoms with Crippen LogP contribution in [-0.4, -0.2) is 28.1 Å². The van der Waals surface area contributed by atoms with E-state index in [4.69, 9.17) is 5.84 Å². The third-order valence-corrected chi connectivity index (χ3v) is 2.16. The van der Waals surface area contributed by atoms with E-state index >= 15 is 0 Å². The molecule has 0 unspecified atom stereocenters. The van der Waals surface area contributed by atoms with E-state index in [1.807, 2.05) is 0 Å². The lowest BCUT2D eigenvalue weighted by Crippen LogP contribution is -2.45. The molecule has 0 atom stereocenters. The van der Waals surface area contributed by atoms with Gasteiger partial charge in [-0.3, -0.25) is 10.6 Å². The van der Waals surface area contributed by atoms with E-state index in [1.54, 1.807) is 27.6 Å². The van der Waals surface area contributed by atoms with Crippen LogP contribution in [0.5, 0.6) is 0 Å². The number of amides is 1. The van der Waals surface area contributed by atoms with Gasteiger partial charge in [-0.1, -0.05) is 0 Å². The number of nitrogens with two attached hydrogens (primary N) is 1. The van der Waals surface area contributed by atoms with Crippen molar-refractivity contribution in [3.05, 3.63) is 0 Å². The Bertz CT molecular complexity index is 145. The van der Waals surface area contributed by atoms with Gasteiger partial charge in [0, 0.05) is 41.7 Å². The second-order valence-corrected chi connectivity index (χ2v) is 3.71. The molecule has 64 valence electrons. The summed E-state index contributed by atoms with van der Waals surface area (Å²) in [6, 6.07) is 0.333. The summed E-state index contributed by atoms with van der Waals surface area (Å²) in [4.78, 5) is 10.6. The summed E-state index contributed by atoms with van der Waals surface area (Å²) < 4.78 is 0.0260. The predicted octanol–water partition coefficient (Wildman–Crippen LogP) is 0.469. The van der Waals surface area contributed by atoms with Crippen molar-refractivity contribution in [2.24, 2.45) is 5.84 Å². The molecule has 5 heteroatoms. The maximum Gasteiger partial charge on any atom is 0.280 e. The molecule has 0 saturated carbocycles. The summed E-state index contributed by atoms with van der Waals surface area (Å²) in [5, 5.41) is 4.66. The van der Waals surface area contributed by atoms with E-state index < -0.39 is 0 Å². The van der Waals surface area contributed by atoms with Crippen LogP contribution in [0.1, 0.15) is 12.8 Å². The highest BCUT2D eigenvalue weighted by atomic mass is 127. The van der Waals surface area contributed by atoms with E-state index in [1.165, 1.54) is 0 Å². The number of carbonyl (C=O) groups excluding carboxylic acids is 1. The molecule has 4 nitrogen and oxygen atoms in total. The normalized spacial score (nSPS) is 21.6. The van der Waals surface area contributed by atoms with Crippen molar-refractivity contribution in [1.29, 1.82) is 0 Å². The third kappa shape index (κ3) is 3.35. The van der Waals surface area contributed by atoms with Crippen molar-refractivity contribution in [1.82, 2.24) is 10.3 Å². The van der Waals surface area contributed by atoms with E-state index in [-0.39, 0.29) is 3.91 Å². The zero-order valence-electron chi connectivity index (χ0n) is 6.22. The van der Waals surface area contributed by atoms with Gasteiger partial charge in [0.1, 0.15) is 0 Å². The Morgan fingerprint density at radius 3 is 2.55 bits per heavy atom. The van der Waals surface area contributed by atoms with E-state index in [2.05, 4.69) is 5.32 Å². The van der Waals surface area contributed by atoms with Gasteiger partial charge in [-0.05, 0) is 12.8 Å². The first-order valence-electron chi connectivity index (χ1n) is 3.64. The van der Waals surface area contributed by atoms with Crippen LogP contribution in [0, 0.1) is 0 Å². The number of nitrogens with one attached hydrogen (secondary N) is 1. The fourth-order valence-corrected chi connectivity index (χ4v) is 1.64. The molecule has 0 bridgehead atoms. The van der Waals surface area contributed by atoms with Gasteiger partial charge in [0.25, 0.3) is 3.91 Å². The average Bonchev–Trinajstić information content (AvgIpc) is 1.93. The number of nitrogens with zero attached hydrogens (tertiary/aromatic N) is 1. The standard InChI is InChI=1S/C6H12IN3O/c7-6(11)9-5-1-3-10(8)4-2-5/h5H,1-4,8H2,(H,9,11). The molecular formula is C6H12IN3O. The molecule has 1 aliphatic heterocycles. The second kappa shape index (κ2) is 4.22. The molecule has 0 aliphatic carbocycles.